The van der Waals surface area contributed by atoms with Crippen molar-refractivity contribution in [1.29, 1.82) is 0 Å². The lowest BCUT2D eigenvalue weighted by molar-refractivity contribution is -0.137. The van der Waals surface area contributed by atoms with Gasteiger partial charge in [0.05, 0.1) is 11.3 Å². The number of halogens is 5. The van der Waals surface area contributed by atoms with Crippen LogP contribution < -0.4 is 10.1 Å². The van der Waals surface area contributed by atoms with Crippen LogP contribution in [0.2, 0.25) is 10.0 Å². The summed E-state index contributed by atoms with van der Waals surface area (Å²) in [6.45, 7) is 3.89. The van der Waals surface area contributed by atoms with Gasteiger partial charge in [-0.05, 0) is 37.1 Å². The number of nitrogens with one attached hydrogen (secondary N) is 1. The Kier molecular flexibility index (Phi) is 6.67. The number of rotatable bonds is 6. The molecular weight excluding hydrogens is 440 g/mol. The molecule has 0 radical (unpaired) electrons. The van der Waals surface area contributed by atoms with Gasteiger partial charge in [-0.3, -0.25) is 0 Å². The van der Waals surface area contributed by atoms with E-state index < -0.39 is 11.7 Å². The predicted octanol–water partition coefficient (Wildman–Crippen LogP) is 6.73. The average Bonchev–Trinajstić information content (AvgIpc) is 2.70. The van der Waals surface area contributed by atoms with Gasteiger partial charge in [0.2, 0.25) is 5.88 Å². The summed E-state index contributed by atoms with van der Waals surface area (Å²) in [6, 6.07) is 7.61. The maximum Gasteiger partial charge on any atom is 0.417 e. The summed E-state index contributed by atoms with van der Waals surface area (Å²) < 4.78 is 43.6. The first-order valence-corrected chi connectivity index (χ1v) is 9.71. The van der Waals surface area contributed by atoms with Gasteiger partial charge in [0.25, 0.3) is 0 Å². The molecule has 0 spiro atoms. The fraction of sp³-hybridized carbons (Fsp3) is 0.250. The molecule has 1 atom stereocenters. The zero-order chi connectivity index (χ0) is 21.9. The minimum atomic E-state index is -4.52. The highest BCUT2D eigenvalue weighted by molar-refractivity contribution is 6.33. The number of alkyl halides is 3. The van der Waals surface area contributed by atoms with E-state index in [4.69, 9.17) is 27.9 Å². The van der Waals surface area contributed by atoms with E-state index in [0.29, 0.717) is 29.2 Å². The standard InChI is InChI=1S/C20H17Cl2F3N4O/c1-3-16-17(22)18(28-10-27-16)29-11(2)12-4-6-14(7-5-12)30-19-15(21)8-13(9-26-19)20(23,24)25/h4-11H,3H2,1-2H3,(H,27,28,29). The molecule has 2 aromatic heterocycles. The van der Waals surface area contributed by atoms with Gasteiger partial charge in [-0.2, -0.15) is 13.2 Å². The predicted molar refractivity (Wildman–Crippen MR) is 109 cm³/mol. The normalized spacial score (nSPS) is 12.5. The molecule has 0 fully saturated rings. The number of pyridine rings is 1. The molecule has 0 amide bonds. The van der Waals surface area contributed by atoms with E-state index in [1.165, 1.54) is 6.33 Å². The lowest BCUT2D eigenvalue weighted by atomic mass is 10.1. The Balaban J connectivity index is 1.71. The van der Waals surface area contributed by atoms with Gasteiger partial charge in [-0.1, -0.05) is 42.3 Å². The number of anilines is 1. The highest BCUT2D eigenvalue weighted by Crippen LogP contribution is 2.35. The van der Waals surface area contributed by atoms with Crippen LogP contribution in [0.5, 0.6) is 11.6 Å². The molecule has 1 unspecified atom stereocenters. The summed E-state index contributed by atoms with van der Waals surface area (Å²) >= 11 is 12.2. The Morgan fingerprint density at radius 3 is 2.40 bits per heavy atom. The molecule has 0 aliphatic rings. The fourth-order valence-electron chi connectivity index (χ4n) is 2.63. The molecule has 158 valence electrons. The lowest BCUT2D eigenvalue weighted by Crippen LogP contribution is -2.09. The summed E-state index contributed by atoms with van der Waals surface area (Å²) in [6.07, 6.45) is -1.70. The van der Waals surface area contributed by atoms with Crippen molar-refractivity contribution < 1.29 is 17.9 Å². The largest absolute Gasteiger partial charge is 0.438 e. The number of nitrogens with zero attached hydrogens (tertiary/aromatic N) is 3. The van der Waals surface area contributed by atoms with Gasteiger partial charge in [0.15, 0.2) is 0 Å². The number of aryl methyl sites for hydroxylation is 1. The van der Waals surface area contributed by atoms with E-state index in [0.717, 1.165) is 17.3 Å². The van der Waals surface area contributed by atoms with Crippen molar-refractivity contribution in [2.75, 3.05) is 5.32 Å². The van der Waals surface area contributed by atoms with Crippen LogP contribution in [0.4, 0.5) is 19.0 Å². The first kappa shape index (κ1) is 22.1. The van der Waals surface area contributed by atoms with Crippen molar-refractivity contribution in [2.24, 2.45) is 0 Å². The number of aromatic nitrogens is 3. The van der Waals surface area contributed by atoms with Gasteiger partial charge in [-0.25, -0.2) is 15.0 Å². The number of hydrogen-bond acceptors (Lipinski definition) is 5. The molecule has 0 saturated heterocycles. The van der Waals surface area contributed by atoms with E-state index in [1.807, 2.05) is 13.8 Å². The molecule has 3 aromatic rings. The van der Waals surface area contributed by atoms with E-state index in [2.05, 4.69) is 20.3 Å². The summed E-state index contributed by atoms with van der Waals surface area (Å²) in [5.41, 5.74) is 0.734. The van der Waals surface area contributed by atoms with Crippen molar-refractivity contribution >= 4 is 29.0 Å². The third-order valence-electron chi connectivity index (χ3n) is 4.28. The Hall–Kier alpha value is -2.58. The quantitative estimate of drug-likeness (QED) is 0.445. The Labute approximate surface area is 181 Å². The molecule has 0 aliphatic heterocycles. The van der Waals surface area contributed by atoms with Crippen LogP contribution in [0.25, 0.3) is 0 Å². The molecule has 10 heteroatoms. The van der Waals surface area contributed by atoms with Gasteiger partial charge in [0.1, 0.15) is 27.9 Å². The van der Waals surface area contributed by atoms with Gasteiger partial charge < -0.3 is 10.1 Å². The van der Waals surface area contributed by atoms with E-state index in [1.54, 1.807) is 24.3 Å². The fourth-order valence-corrected chi connectivity index (χ4v) is 3.12. The Morgan fingerprint density at radius 1 is 1.10 bits per heavy atom. The summed E-state index contributed by atoms with van der Waals surface area (Å²) in [7, 11) is 0. The van der Waals surface area contributed by atoms with Gasteiger partial charge >= 0.3 is 6.18 Å². The lowest BCUT2D eigenvalue weighted by Gasteiger charge is -2.17. The van der Waals surface area contributed by atoms with Crippen LogP contribution >= 0.6 is 23.2 Å². The third-order valence-corrected chi connectivity index (χ3v) is 4.95. The molecule has 1 aromatic carbocycles. The second-order valence-electron chi connectivity index (χ2n) is 6.38. The third kappa shape index (κ3) is 5.12. The van der Waals surface area contributed by atoms with Crippen LogP contribution in [-0.2, 0) is 12.6 Å². The SMILES string of the molecule is CCc1ncnc(NC(C)c2ccc(Oc3ncc(C(F)(F)F)cc3Cl)cc2)c1Cl. The van der Waals surface area contributed by atoms with Crippen molar-refractivity contribution in [2.45, 2.75) is 32.5 Å². The number of ether oxygens (including phenoxy) is 1. The summed E-state index contributed by atoms with van der Waals surface area (Å²) in [5.74, 6) is 0.814. The molecule has 2 heterocycles. The zero-order valence-corrected chi connectivity index (χ0v) is 17.5. The van der Waals surface area contributed by atoms with Crippen molar-refractivity contribution in [3.63, 3.8) is 0 Å². The molecule has 0 bridgehead atoms. The molecular formula is C20H17Cl2F3N4O. The molecule has 3 rings (SSSR count). The van der Waals surface area contributed by atoms with Gasteiger partial charge in [0, 0.05) is 12.2 Å². The highest BCUT2D eigenvalue weighted by atomic mass is 35.5. The van der Waals surface area contributed by atoms with Crippen LogP contribution in [0.3, 0.4) is 0 Å². The number of hydrogen-bond donors (Lipinski definition) is 1. The van der Waals surface area contributed by atoms with Crippen molar-refractivity contribution in [3.8, 4) is 11.6 Å². The Morgan fingerprint density at radius 2 is 1.80 bits per heavy atom. The van der Waals surface area contributed by atoms with Crippen LogP contribution in [0.15, 0.2) is 42.9 Å². The number of benzene rings is 1. The second-order valence-corrected chi connectivity index (χ2v) is 7.17. The van der Waals surface area contributed by atoms with Crippen LogP contribution in [0.1, 0.15) is 36.7 Å². The van der Waals surface area contributed by atoms with E-state index >= 15 is 0 Å². The van der Waals surface area contributed by atoms with Gasteiger partial charge in [-0.15, -0.1) is 0 Å². The zero-order valence-electron chi connectivity index (χ0n) is 16.0. The molecule has 30 heavy (non-hydrogen) atoms. The van der Waals surface area contributed by atoms with Crippen molar-refractivity contribution in [1.82, 2.24) is 15.0 Å². The summed E-state index contributed by atoms with van der Waals surface area (Å²) in [4.78, 5) is 12.0. The first-order chi connectivity index (χ1) is 14.2. The Bertz CT molecular complexity index is 1030. The van der Waals surface area contributed by atoms with E-state index in [-0.39, 0.29) is 16.9 Å². The topological polar surface area (TPSA) is 59.9 Å². The molecule has 0 saturated carbocycles. The maximum atomic E-state index is 12.7. The minimum absolute atomic E-state index is 0.108. The first-order valence-electron chi connectivity index (χ1n) is 8.95. The monoisotopic (exact) mass is 456 g/mol. The highest BCUT2D eigenvalue weighted by Gasteiger charge is 2.31. The van der Waals surface area contributed by atoms with Crippen molar-refractivity contribution in [3.05, 3.63) is 69.7 Å². The molecule has 1 N–H and O–H groups in total. The van der Waals surface area contributed by atoms with Crippen LogP contribution in [-0.4, -0.2) is 15.0 Å². The van der Waals surface area contributed by atoms with Crippen LogP contribution in [0, 0.1) is 0 Å². The average molecular weight is 457 g/mol. The maximum absolute atomic E-state index is 12.7. The minimum Gasteiger partial charge on any atom is -0.438 e. The molecule has 5 nitrogen and oxygen atoms in total. The summed E-state index contributed by atoms with van der Waals surface area (Å²) in [5, 5.41) is 3.49. The van der Waals surface area contributed by atoms with E-state index in [9.17, 15) is 13.2 Å². The second kappa shape index (κ2) is 9.06. The molecule has 0 aliphatic carbocycles. The smallest absolute Gasteiger partial charge is 0.417 e.